The molecule has 20 heavy (non-hydrogen) atoms. The Morgan fingerprint density at radius 1 is 1.25 bits per heavy atom. The summed E-state index contributed by atoms with van der Waals surface area (Å²) < 4.78 is 85.3. The standard InChI is InChI=1S/C8H11F3NO6S2/c1-6(2)7(13)18-4-3-5-19(14,15)12-20(16,17)8(9,10)11/h1,3-5H2,2H3/q-1. The highest BCUT2D eigenvalue weighted by Gasteiger charge is 2.40. The molecule has 118 valence electrons. The number of hydrogen-bond donors (Lipinski definition) is 0. The van der Waals surface area contributed by atoms with Gasteiger partial charge in [-0.25, -0.2) is 21.6 Å². The molecule has 12 heteroatoms. The summed E-state index contributed by atoms with van der Waals surface area (Å²) in [6, 6.07) is 0. The number of carbonyl (C=O) groups excluding carboxylic acids is 1. The van der Waals surface area contributed by atoms with Crippen LogP contribution < -0.4 is 0 Å². The average Bonchev–Trinajstić information content (AvgIpc) is 2.20. The number of ether oxygens (including phenoxy) is 1. The third kappa shape index (κ3) is 6.34. The van der Waals surface area contributed by atoms with Gasteiger partial charge >= 0.3 is 11.5 Å². The van der Waals surface area contributed by atoms with Crippen LogP contribution >= 0.6 is 0 Å². The lowest BCUT2D eigenvalue weighted by molar-refractivity contribution is -0.138. The minimum absolute atomic E-state index is 0.0530. The highest BCUT2D eigenvalue weighted by atomic mass is 32.3. The Balaban J connectivity index is 4.44. The first-order valence-electron chi connectivity index (χ1n) is 4.89. The van der Waals surface area contributed by atoms with Gasteiger partial charge in [-0.2, -0.15) is 13.2 Å². The fourth-order valence-corrected chi connectivity index (χ4v) is 3.07. The molecule has 0 aromatic heterocycles. The van der Waals surface area contributed by atoms with Crippen molar-refractivity contribution in [2.24, 2.45) is 0 Å². The van der Waals surface area contributed by atoms with Gasteiger partial charge in [0.15, 0.2) is 10.0 Å². The molecule has 0 aliphatic carbocycles. The van der Waals surface area contributed by atoms with E-state index in [1.165, 1.54) is 6.92 Å². The van der Waals surface area contributed by atoms with E-state index >= 15 is 0 Å². The zero-order valence-corrected chi connectivity index (χ0v) is 11.8. The fourth-order valence-electron chi connectivity index (χ4n) is 0.758. The first kappa shape index (κ1) is 18.9. The van der Waals surface area contributed by atoms with Gasteiger partial charge in [-0.05, 0) is 13.3 Å². The Morgan fingerprint density at radius 2 is 1.75 bits per heavy atom. The number of sulfonamides is 2. The van der Waals surface area contributed by atoms with Gasteiger partial charge in [0.05, 0.1) is 16.6 Å². The summed E-state index contributed by atoms with van der Waals surface area (Å²) in [5.74, 6) is -1.81. The molecule has 0 aromatic rings. The second-order valence-corrected chi connectivity index (χ2v) is 7.13. The molecule has 0 bridgehead atoms. The molecule has 0 fully saturated rings. The Hall–Kier alpha value is -1.14. The largest absolute Gasteiger partial charge is 0.480 e. The molecule has 0 spiro atoms. The lowest BCUT2D eigenvalue weighted by Crippen LogP contribution is -2.25. The number of nitrogens with zero attached hydrogens (tertiary/aromatic N) is 1. The fraction of sp³-hybridized carbons (Fsp3) is 0.625. The molecule has 0 unspecified atom stereocenters. The van der Waals surface area contributed by atoms with Crippen LogP contribution in [0, 0.1) is 0 Å². The van der Waals surface area contributed by atoms with Crippen LogP contribution in [-0.2, 0) is 29.6 Å². The zero-order valence-electron chi connectivity index (χ0n) is 10.2. The lowest BCUT2D eigenvalue weighted by atomic mass is 10.4. The normalized spacial score (nSPS) is 13.0. The highest BCUT2D eigenvalue weighted by molar-refractivity contribution is 8.12. The average molecular weight is 338 g/mol. The molecule has 0 radical (unpaired) electrons. The molecule has 7 nitrogen and oxygen atoms in total. The van der Waals surface area contributed by atoms with E-state index in [1.807, 2.05) is 4.13 Å². The molecule has 0 atom stereocenters. The lowest BCUT2D eigenvalue weighted by Gasteiger charge is -2.21. The Labute approximate surface area is 113 Å². The Morgan fingerprint density at radius 3 is 2.15 bits per heavy atom. The molecule has 0 aliphatic heterocycles. The summed E-state index contributed by atoms with van der Waals surface area (Å²) in [6.45, 7) is 4.16. The summed E-state index contributed by atoms with van der Waals surface area (Å²) in [4.78, 5) is 10.9. The monoisotopic (exact) mass is 338 g/mol. The summed E-state index contributed by atoms with van der Waals surface area (Å²) in [5, 5.41) is 0. The summed E-state index contributed by atoms with van der Waals surface area (Å²) in [6.07, 6.45) is -0.405. The van der Waals surface area contributed by atoms with E-state index in [2.05, 4.69) is 11.3 Å². The zero-order chi connectivity index (χ0) is 16.2. The van der Waals surface area contributed by atoms with Crippen LogP contribution in [-0.4, -0.2) is 40.7 Å². The van der Waals surface area contributed by atoms with Crippen LogP contribution in [0.4, 0.5) is 13.2 Å². The van der Waals surface area contributed by atoms with E-state index in [1.54, 1.807) is 0 Å². The summed E-state index contributed by atoms with van der Waals surface area (Å²) in [5.41, 5.74) is -5.73. The molecular formula is C8H11F3NO6S2-. The van der Waals surface area contributed by atoms with Gasteiger partial charge in [0.1, 0.15) is 0 Å². The number of rotatable bonds is 7. The molecular weight excluding hydrogens is 327 g/mol. The van der Waals surface area contributed by atoms with Crippen LogP contribution in [0.5, 0.6) is 0 Å². The van der Waals surface area contributed by atoms with Gasteiger partial charge in [-0.1, -0.05) is 6.58 Å². The van der Waals surface area contributed by atoms with Crippen molar-refractivity contribution in [1.82, 2.24) is 0 Å². The second kappa shape index (κ2) is 6.54. The quantitative estimate of drug-likeness (QED) is 0.390. The smallest absolute Gasteiger partial charge is 0.462 e. The SMILES string of the molecule is C=C(C)C(=O)OCCCS(=O)(=O)[N-]S(=O)(=O)C(F)(F)F. The van der Waals surface area contributed by atoms with Gasteiger partial charge in [0.25, 0.3) is 0 Å². The van der Waals surface area contributed by atoms with Crippen LogP contribution in [0.15, 0.2) is 12.2 Å². The molecule has 0 rings (SSSR count). The maximum Gasteiger partial charge on any atom is 0.480 e. The van der Waals surface area contributed by atoms with Gasteiger partial charge in [-0.3, -0.25) is 0 Å². The van der Waals surface area contributed by atoms with Gasteiger partial charge < -0.3 is 8.86 Å². The summed E-state index contributed by atoms with van der Waals surface area (Å²) in [7, 11) is -10.9. The van der Waals surface area contributed by atoms with Crippen molar-refractivity contribution in [2.45, 2.75) is 18.9 Å². The van der Waals surface area contributed by atoms with Gasteiger partial charge in [0.2, 0.25) is 0 Å². The molecule has 0 aliphatic rings. The van der Waals surface area contributed by atoms with Crippen LogP contribution in [0.25, 0.3) is 4.13 Å². The second-order valence-electron chi connectivity index (χ2n) is 3.55. The van der Waals surface area contributed by atoms with Crippen LogP contribution in [0.1, 0.15) is 13.3 Å². The van der Waals surface area contributed by atoms with Crippen molar-refractivity contribution in [3.05, 3.63) is 16.3 Å². The predicted molar refractivity (Wildman–Crippen MR) is 62.5 cm³/mol. The van der Waals surface area contributed by atoms with Crippen molar-refractivity contribution in [1.29, 1.82) is 0 Å². The first-order valence-corrected chi connectivity index (χ1v) is 7.94. The predicted octanol–water partition coefficient (Wildman–Crippen LogP) is 1.05. The van der Waals surface area contributed by atoms with Crippen molar-refractivity contribution in [3.63, 3.8) is 0 Å². The third-order valence-corrected chi connectivity index (χ3v) is 4.72. The molecule has 0 amide bonds. The van der Waals surface area contributed by atoms with Crippen molar-refractivity contribution < 1.29 is 39.5 Å². The number of carbonyl (C=O) groups is 1. The van der Waals surface area contributed by atoms with E-state index in [4.69, 9.17) is 0 Å². The minimum Gasteiger partial charge on any atom is -0.462 e. The van der Waals surface area contributed by atoms with E-state index < -0.39 is 50.3 Å². The molecule has 0 N–H and O–H groups in total. The van der Waals surface area contributed by atoms with Crippen molar-refractivity contribution in [3.8, 4) is 0 Å². The summed E-state index contributed by atoms with van der Waals surface area (Å²) >= 11 is 0. The van der Waals surface area contributed by atoms with Gasteiger partial charge in [-0.15, -0.1) is 0 Å². The maximum absolute atomic E-state index is 11.9. The van der Waals surface area contributed by atoms with Crippen LogP contribution in [0.3, 0.4) is 0 Å². The topological polar surface area (TPSA) is 109 Å². The minimum atomic E-state index is -6.11. The van der Waals surface area contributed by atoms with Crippen molar-refractivity contribution in [2.75, 3.05) is 12.4 Å². The molecule has 0 heterocycles. The molecule has 0 saturated heterocycles. The van der Waals surface area contributed by atoms with E-state index in [9.17, 15) is 34.8 Å². The Kier molecular flexibility index (Phi) is 6.17. The third-order valence-electron chi connectivity index (χ3n) is 1.63. The van der Waals surface area contributed by atoms with E-state index in [0.717, 1.165) is 0 Å². The number of hydrogen-bond acceptors (Lipinski definition) is 6. The number of halogens is 3. The first-order chi connectivity index (χ1) is 8.78. The van der Waals surface area contributed by atoms with Crippen molar-refractivity contribution >= 4 is 26.0 Å². The molecule has 0 aromatic carbocycles. The number of alkyl halides is 3. The number of esters is 1. The van der Waals surface area contributed by atoms with Gasteiger partial charge in [0, 0.05) is 11.3 Å². The maximum atomic E-state index is 11.9. The Bertz CT molecular complexity index is 578. The van der Waals surface area contributed by atoms with E-state index in [-0.39, 0.29) is 5.57 Å². The highest BCUT2D eigenvalue weighted by Crippen LogP contribution is 2.30. The van der Waals surface area contributed by atoms with E-state index in [0.29, 0.717) is 0 Å². The molecule has 0 saturated carbocycles. The van der Waals surface area contributed by atoms with Crippen LogP contribution in [0.2, 0.25) is 0 Å².